The Kier molecular flexibility index (Phi) is 4.63. The van der Waals surface area contributed by atoms with E-state index in [9.17, 15) is 0 Å². The van der Waals surface area contributed by atoms with Crippen molar-refractivity contribution in [2.24, 2.45) is 0 Å². The van der Waals surface area contributed by atoms with Gasteiger partial charge in [0.05, 0.1) is 17.5 Å². The van der Waals surface area contributed by atoms with Gasteiger partial charge in [0.15, 0.2) is 12.0 Å². The molecule has 0 saturated carbocycles. The number of hydrogen-bond acceptors (Lipinski definition) is 5. The number of thiazole rings is 1. The maximum absolute atomic E-state index is 6.10. The van der Waals surface area contributed by atoms with E-state index in [1.165, 1.54) is 0 Å². The van der Waals surface area contributed by atoms with E-state index in [1.807, 2.05) is 36.0 Å². The Labute approximate surface area is 135 Å². The Morgan fingerprint density at radius 1 is 1.36 bits per heavy atom. The first kappa shape index (κ1) is 14.9. The molecule has 0 fully saturated rings. The van der Waals surface area contributed by atoms with Gasteiger partial charge in [-0.1, -0.05) is 13.3 Å². The summed E-state index contributed by atoms with van der Waals surface area (Å²) in [6.45, 7) is 2.19. The fourth-order valence-corrected chi connectivity index (χ4v) is 2.94. The Hall–Kier alpha value is -2.01. The van der Waals surface area contributed by atoms with E-state index in [1.54, 1.807) is 18.4 Å². The first-order valence-electron chi connectivity index (χ1n) is 7.44. The molecule has 1 aliphatic rings. The molecule has 1 aromatic carbocycles. The number of hydrogen-bond donors (Lipinski definition) is 0. The maximum Gasteiger partial charge on any atom is 0.176 e. The molecule has 4 nitrogen and oxygen atoms in total. The summed E-state index contributed by atoms with van der Waals surface area (Å²) in [5, 5.41) is 0. The molecule has 22 heavy (non-hydrogen) atoms. The van der Waals surface area contributed by atoms with E-state index in [2.05, 4.69) is 23.0 Å². The van der Waals surface area contributed by atoms with E-state index in [4.69, 9.17) is 9.47 Å². The Morgan fingerprint density at radius 2 is 2.18 bits per heavy atom. The van der Waals surface area contributed by atoms with Gasteiger partial charge in [0, 0.05) is 18.3 Å². The van der Waals surface area contributed by atoms with Crippen LogP contribution in [0.2, 0.25) is 0 Å². The molecule has 1 radical (unpaired) electrons. The van der Waals surface area contributed by atoms with Crippen LogP contribution in [0, 0.1) is 6.20 Å². The van der Waals surface area contributed by atoms with Gasteiger partial charge < -0.3 is 14.4 Å². The third-order valence-corrected chi connectivity index (χ3v) is 4.35. The molecule has 1 aliphatic heterocycles. The number of ether oxygens (including phenoxy) is 2. The number of methoxy groups -OCH3 is 1. The Morgan fingerprint density at radius 3 is 2.82 bits per heavy atom. The molecule has 1 atom stereocenters. The predicted octanol–water partition coefficient (Wildman–Crippen LogP) is 4.31. The maximum atomic E-state index is 6.10. The average molecular weight is 315 g/mol. The summed E-state index contributed by atoms with van der Waals surface area (Å²) in [7, 11) is 1.67. The fraction of sp³-hybridized carbons (Fsp3) is 0.353. The Balaban J connectivity index is 1.85. The molecule has 1 aromatic heterocycles. The number of aromatic nitrogens is 1. The van der Waals surface area contributed by atoms with Crippen molar-refractivity contribution in [1.29, 1.82) is 0 Å². The zero-order valence-electron chi connectivity index (χ0n) is 12.8. The van der Waals surface area contributed by atoms with Gasteiger partial charge in [-0.3, -0.25) is 4.98 Å². The number of nitrogens with zero attached hydrogens (tertiary/aromatic N) is 2. The summed E-state index contributed by atoms with van der Waals surface area (Å²) in [6, 6.07) is 7.98. The van der Waals surface area contributed by atoms with Gasteiger partial charge in [0.1, 0.15) is 11.9 Å². The lowest BCUT2D eigenvalue weighted by atomic mass is 10.2. The summed E-state index contributed by atoms with van der Waals surface area (Å²) in [6.07, 6.45) is 8.41. The van der Waals surface area contributed by atoms with Gasteiger partial charge in [0.2, 0.25) is 0 Å². The van der Waals surface area contributed by atoms with Crippen LogP contribution in [-0.4, -0.2) is 18.3 Å². The van der Waals surface area contributed by atoms with Crippen molar-refractivity contribution in [3.8, 4) is 5.75 Å². The molecule has 3 rings (SSSR count). The lowest BCUT2D eigenvalue weighted by Crippen LogP contribution is -2.27. The van der Waals surface area contributed by atoms with Crippen LogP contribution in [0.15, 0.2) is 36.0 Å². The van der Waals surface area contributed by atoms with Crippen molar-refractivity contribution < 1.29 is 9.47 Å². The van der Waals surface area contributed by atoms with Gasteiger partial charge in [-0.15, -0.1) is 11.3 Å². The van der Waals surface area contributed by atoms with Crippen LogP contribution >= 0.6 is 11.3 Å². The molecular formula is C17H19N2O2S. The van der Waals surface area contributed by atoms with Gasteiger partial charge in [0.25, 0.3) is 0 Å². The molecule has 1 unspecified atom stereocenters. The van der Waals surface area contributed by atoms with Crippen molar-refractivity contribution in [3.63, 3.8) is 0 Å². The smallest absolute Gasteiger partial charge is 0.176 e. The van der Waals surface area contributed by atoms with Crippen molar-refractivity contribution in [2.45, 2.75) is 32.4 Å². The van der Waals surface area contributed by atoms with Crippen LogP contribution in [0.25, 0.3) is 5.76 Å². The number of anilines is 1. The third-order valence-electron chi connectivity index (χ3n) is 3.58. The number of benzene rings is 1. The fourth-order valence-electron chi connectivity index (χ4n) is 2.38. The largest absolute Gasteiger partial charge is 0.497 e. The quantitative estimate of drug-likeness (QED) is 0.796. The van der Waals surface area contributed by atoms with Gasteiger partial charge >= 0.3 is 0 Å². The molecule has 2 heterocycles. The van der Waals surface area contributed by atoms with Crippen molar-refractivity contribution in [1.82, 2.24) is 4.98 Å². The van der Waals surface area contributed by atoms with Crippen LogP contribution in [0.4, 0.5) is 5.69 Å². The number of rotatable bonds is 6. The Bertz CT molecular complexity index is 623. The average Bonchev–Trinajstić information content (AvgIpc) is 3.22. The SMILES string of the molecule is CCCCC1OC(c2cncs2)=[C]N1c1ccc(OC)cc1. The highest BCUT2D eigenvalue weighted by Gasteiger charge is 2.28. The normalized spacial score (nSPS) is 17.3. The van der Waals surface area contributed by atoms with Gasteiger partial charge in [-0.05, 0) is 30.7 Å². The van der Waals surface area contributed by atoms with E-state index in [-0.39, 0.29) is 6.23 Å². The lowest BCUT2D eigenvalue weighted by molar-refractivity contribution is 0.179. The van der Waals surface area contributed by atoms with Crippen LogP contribution in [0.1, 0.15) is 31.1 Å². The first-order chi connectivity index (χ1) is 10.8. The van der Waals surface area contributed by atoms with Crippen LogP contribution in [0.3, 0.4) is 0 Å². The molecule has 0 bridgehead atoms. The monoisotopic (exact) mass is 315 g/mol. The minimum atomic E-state index is -0.00885. The number of unbranched alkanes of at least 4 members (excludes halogenated alkanes) is 1. The lowest BCUT2D eigenvalue weighted by Gasteiger charge is -2.23. The molecule has 0 amide bonds. The molecule has 0 N–H and O–H groups in total. The second kappa shape index (κ2) is 6.83. The summed E-state index contributed by atoms with van der Waals surface area (Å²) >= 11 is 1.57. The molecule has 115 valence electrons. The minimum absolute atomic E-state index is 0.00885. The second-order valence-corrected chi connectivity index (χ2v) is 5.98. The highest BCUT2D eigenvalue weighted by atomic mass is 32.1. The predicted molar refractivity (Wildman–Crippen MR) is 88.6 cm³/mol. The zero-order valence-corrected chi connectivity index (χ0v) is 13.6. The summed E-state index contributed by atoms with van der Waals surface area (Å²) < 4.78 is 11.3. The standard InChI is InChI=1S/C17H19N2O2S/c1-3-4-5-17-19(13-6-8-14(20-2)9-7-13)11-15(21-17)16-10-18-12-22-16/h6-10,12,17H,3-5H2,1-2H3. The minimum Gasteiger partial charge on any atom is -0.497 e. The topological polar surface area (TPSA) is 34.6 Å². The first-order valence-corrected chi connectivity index (χ1v) is 8.32. The summed E-state index contributed by atoms with van der Waals surface area (Å²) in [5.74, 6) is 1.63. The van der Waals surface area contributed by atoms with Crippen molar-refractivity contribution >= 4 is 22.8 Å². The van der Waals surface area contributed by atoms with Crippen molar-refractivity contribution in [3.05, 3.63) is 47.0 Å². The second-order valence-electron chi connectivity index (χ2n) is 5.09. The molecular weight excluding hydrogens is 296 g/mol. The molecule has 2 aromatic rings. The van der Waals surface area contributed by atoms with E-state index >= 15 is 0 Å². The summed E-state index contributed by atoms with van der Waals surface area (Å²) in [5.41, 5.74) is 2.87. The van der Waals surface area contributed by atoms with Crippen LogP contribution < -0.4 is 9.64 Å². The zero-order chi connectivity index (χ0) is 15.4. The van der Waals surface area contributed by atoms with E-state index < -0.39 is 0 Å². The van der Waals surface area contributed by atoms with E-state index in [0.717, 1.165) is 41.3 Å². The van der Waals surface area contributed by atoms with Crippen molar-refractivity contribution in [2.75, 3.05) is 12.0 Å². The van der Waals surface area contributed by atoms with Crippen LogP contribution in [0.5, 0.6) is 5.75 Å². The highest BCUT2D eigenvalue weighted by molar-refractivity contribution is 7.10. The van der Waals surface area contributed by atoms with Crippen LogP contribution in [-0.2, 0) is 4.74 Å². The van der Waals surface area contributed by atoms with Gasteiger partial charge in [-0.2, -0.15) is 0 Å². The third kappa shape index (κ3) is 3.09. The summed E-state index contributed by atoms with van der Waals surface area (Å²) in [4.78, 5) is 7.20. The van der Waals surface area contributed by atoms with E-state index in [0.29, 0.717) is 0 Å². The molecule has 5 heteroatoms. The molecule has 0 aliphatic carbocycles. The molecule has 0 spiro atoms. The molecule has 0 saturated heterocycles. The highest BCUT2D eigenvalue weighted by Crippen LogP contribution is 2.34. The van der Waals surface area contributed by atoms with Gasteiger partial charge in [-0.25, -0.2) is 0 Å².